The molecular weight excluding hydrogens is 384 g/mol. The van der Waals surface area contributed by atoms with Gasteiger partial charge in [-0.2, -0.15) is 5.10 Å². The normalized spacial score (nSPS) is 10.3. The number of hydrogen-bond donors (Lipinski definition) is 2. The number of carbonyl (C=O) groups is 3. The largest absolute Gasteiger partial charge is 0.452 e. The van der Waals surface area contributed by atoms with Gasteiger partial charge in [-0.25, -0.2) is 9.48 Å². The van der Waals surface area contributed by atoms with Crippen molar-refractivity contribution in [1.29, 1.82) is 0 Å². The lowest BCUT2D eigenvalue weighted by Crippen LogP contribution is -2.35. The fourth-order valence-corrected chi connectivity index (χ4v) is 2.76. The zero-order valence-electron chi connectivity index (χ0n) is 16.5. The molecule has 0 aliphatic carbocycles. The Labute approximate surface area is 173 Å². The van der Waals surface area contributed by atoms with Crippen LogP contribution in [0.3, 0.4) is 0 Å². The Morgan fingerprint density at radius 3 is 2.47 bits per heavy atom. The third kappa shape index (κ3) is 5.54. The average molecular weight is 406 g/mol. The molecule has 1 heterocycles. The number of amides is 2. The summed E-state index contributed by atoms with van der Waals surface area (Å²) < 4.78 is 6.66. The topological polar surface area (TPSA) is 102 Å². The number of esters is 1. The highest BCUT2D eigenvalue weighted by Gasteiger charge is 2.12. The number of nitrogens with one attached hydrogen (secondary N) is 2. The summed E-state index contributed by atoms with van der Waals surface area (Å²) in [6.07, 6.45) is 4.22. The maximum Gasteiger partial charge on any atom is 0.338 e. The molecule has 0 saturated carbocycles. The summed E-state index contributed by atoms with van der Waals surface area (Å²) in [5.41, 5.74) is 2.83. The second kappa shape index (κ2) is 10.0. The number of aromatic nitrogens is 2. The Bertz CT molecular complexity index is 1010. The van der Waals surface area contributed by atoms with Crippen LogP contribution in [0.2, 0.25) is 0 Å². The Morgan fingerprint density at radius 2 is 1.77 bits per heavy atom. The molecule has 154 valence electrons. The van der Waals surface area contributed by atoms with E-state index in [0.717, 1.165) is 17.7 Å². The lowest BCUT2D eigenvalue weighted by atomic mass is 10.1. The van der Waals surface area contributed by atoms with Crippen LogP contribution in [0.4, 0.5) is 5.69 Å². The molecule has 0 aliphatic rings. The number of rotatable bonds is 8. The molecule has 0 radical (unpaired) electrons. The summed E-state index contributed by atoms with van der Waals surface area (Å²) in [7, 11) is 0. The predicted molar refractivity (Wildman–Crippen MR) is 111 cm³/mol. The molecule has 8 heteroatoms. The Balaban J connectivity index is 1.43. The summed E-state index contributed by atoms with van der Waals surface area (Å²) in [5, 5.41) is 9.30. The molecule has 30 heavy (non-hydrogen) atoms. The van der Waals surface area contributed by atoms with Gasteiger partial charge in [0.1, 0.15) is 0 Å². The van der Waals surface area contributed by atoms with Gasteiger partial charge in [0, 0.05) is 18.1 Å². The van der Waals surface area contributed by atoms with Crippen LogP contribution in [-0.4, -0.2) is 40.7 Å². The van der Waals surface area contributed by atoms with E-state index in [2.05, 4.69) is 15.7 Å². The van der Waals surface area contributed by atoms with E-state index < -0.39 is 18.5 Å². The minimum atomic E-state index is -0.626. The van der Waals surface area contributed by atoms with Gasteiger partial charge in [-0.15, -0.1) is 0 Å². The van der Waals surface area contributed by atoms with Gasteiger partial charge in [0.25, 0.3) is 5.91 Å². The van der Waals surface area contributed by atoms with E-state index in [1.807, 2.05) is 25.1 Å². The van der Waals surface area contributed by atoms with E-state index in [-0.39, 0.29) is 12.5 Å². The quantitative estimate of drug-likeness (QED) is 0.559. The number of benzene rings is 2. The Kier molecular flexibility index (Phi) is 6.94. The molecule has 8 nitrogen and oxygen atoms in total. The number of nitrogens with zero attached hydrogens (tertiary/aromatic N) is 2. The first-order valence-electron chi connectivity index (χ1n) is 9.48. The maximum absolute atomic E-state index is 12.1. The second-order valence-corrected chi connectivity index (χ2v) is 6.41. The number of hydrogen-bond acceptors (Lipinski definition) is 5. The van der Waals surface area contributed by atoms with Crippen molar-refractivity contribution >= 4 is 23.5 Å². The smallest absolute Gasteiger partial charge is 0.338 e. The van der Waals surface area contributed by atoms with Crippen LogP contribution in [0.5, 0.6) is 0 Å². The molecular formula is C22H22N4O4. The summed E-state index contributed by atoms with van der Waals surface area (Å²) in [6.45, 7) is 1.30. The van der Waals surface area contributed by atoms with Gasteiger partial charge < -0.3 is 15.4 Å². The van der Waals surface area contributed by atoms with Crippen LogP contribution in [0, 0.1) is 0 Å². The second-order valence-electron chi connectivity index (χ2n) is 6.41. The van der Waals surface area contributed by atoms with Gasteiger partial charge in [0.05, 0.1) is 17.8 Å². The first-order valence-corrected chi connectivity index (χ1v) is 9.48. The molecule has 0 atom stereocenters. The average Bonchev–Trinajstić information content (AvgIpc) is 3.31. The first kappa shape index (κ1) is 20.8. The SMILES string of the molecule is CCc1ccccc1NC(=O)CNC(=O)COC(=O)c1ccc(-n2cccn2)cc1. The monoisotopic (exact) mass is 406 g/mol. The molecule has 1 aromatic heterocycles. The molecule has 0 saturated heterocycles. The Hall–Kier alpha value is -3.94. The van der Waals surface area contributed by atoms with Gasteiger partial charge in [-0.3, -0.25) is 9.59 Å². The highest BCUT2D eigenvalue weighted by molar-refractivity contribution is 5.96. The molecule has 2 aromatic carbocycles. The van der Waals surface area contributed by atoms with Gasteiger partial charge in [0.2, 0.25) is 5.91 Å². The summed E-state index contributed by atoms with van der Waals surface area (Å²) in [4.78, 5) is 36.0. The van der Waals surface area contributed by atoms with Gasteiger partial charge in [-0.05, 0) is 48.4 Å². The van der Waals surface area contributed by atoms with E-state index in [1.54, 1.807) is 53.5 Å². The van der Waals surface area contributed by atoms with E-state index in [1.165, 1.54) is 0 Å². The predicted octanol–water partition coefficient (Wildman–Crippen LogP) is 2.35. The highest BCUT2D eigenvalue weighted by Crippen LogP contribution is 2.15. The van der Waals surface area contributed by atoms with Crippen molar-refractivity contribution in [1.82, 2.24) is 15.1 Å². The summed E-state index contributed by atoms with van der Waals surface area (Å²) in [5.74, 6) is -1.54. The molecule has 0 aliphatic heterocycles. The number of para-hydroxylation sites is 1. The van der Waals surface area contributed by atoms with Crippen molar-refractivity contribution in [2.24, 2.45) is 0 Å². The molecule has 0 spiro atoms. The fourth-order valence-electron chi connectivity index (χ4n) is 2.76. The zero-order valence-corrected chi connectivity index (χ0v) is 16.5. The van der Waals surface area contributed by atoms with Gasteiger partial charge in [0.15, 0.2) is 6.61 Å². The third-order valence-corrected chi connectivity index (χ3v) is 4.32. The van der Waals surface area contributed by atoms with Crippen molar-refractivity contribution in [3.63, 3.8) is 0 Å². The van der Waals surface area contributed by atoms with Crippen molar-refractivity contribution in [2.75, 3.05) is 18.5 Å². The maximum atomic E-state index is 12.1. The van der Waals surface area contributed by atoms with Gasteiger partial charge in [-0.1, -0.05) is 25.1 Å². The molecule has 3 rings (SSSR count). The van der Waals surface area contributed by atoms with E-state index in [9.17, 15) is 14.4 Å². The van der Waals surface area contributed by atoms with Crippen LogP contribution >= 0.6 is 0 Å². The lowest BCUT2D eigenvalue weighted by Gasteiger charge is -2.10. The number of ether oxygens (including phenoxy) is 1. The van der Waals surface area contributed by atoms with E-state index >= 15 is 0 Å². The minimum Gasteiger partial charge on any atom is -0.452 e. The number of anilines is 1. The molecule has 0 unspecified atom stereocenters. The number of carbonyl (C=O) groups excluding carboxylic acids is 3. The van der Waals surface area contributed by atoms with Crippen molar-refractivity contribution < 1.29 is 19.1 Å². The van der Waals surface area contributed by atoms with Crippen molar-refractivity contribution in [2.45, 2.75) is 13.3 Å². The number of aryl methyl sites for hydroxylation is 1. The third-order valence-electron chi connectivity index (χ3n) is 4.32. The summed E-state index contributed by atoms with van der Waals surface area (Å²) >= 11 is 0. The van der Waals surface area contributed by atoms with E-state index in [0.29, 0.717) is 11.3 Å². The fraction of sp³-hybridized carbons (Fsp3) is 0.182. The standard InChI is InChI=1S/C22H22N4O4/c1-2-16-6-3-4-7-19(16)25-20(27)14-23-21(28)15-30-22(29)17-8-10-18(11-9-17)26-13-5-12-24-26/h3-13H,2,14-15H2,1H3,(H,23,28)(H,25,27). The Morgan fingerprint density at radius 1 is 1.00 bits per heavy atom. The van der Waals surface area contributed by atoms with Crippen LogP contribution in [0.15, 0.2) is 67.0 Å². The lowest BCUT2D eigenvalue weighted by molar-refractivity contribution is -0.126. The molecule has 3 aromatic rings. The molecule has 2 amide bonds. The van der Waals surface area contributed by atoms with Crippen LogP contribution in [-0.2, 0) is 20.7 Å². The van der Waals surface area contributed by atoms with Crippen LogP contribution in [0.1, 0.15) is 22.8 Å². The van der Waals surface area contributed by atoms with Crippen molar-refractivity contribution in [3.05, 3.63) is 78.1 Å². The van der Waals surface area contributed by atoms with Gasteiger partial charge >= 0.3 is 5.97 Å². The van der Waals surface area contributed by atoms with Crippen LogP contribution in [0.25, 0.3) is 5.69 Å². The van der Waals surface area contributed by atoms with Crippen LogP contribution < -0.4 is 10.6 Å². The van der Waals surface area contributed by atoms with E-state index in [4.69, 9.17) is 4.74 Å². The first-order chi connectivity index (χ1) is 14.6. The highest BCUT2D eigenvalue weighted by atomic mass is 16.5. The molecule has 2 N–H and O–H groups in total. The molecule has 0 bridgehead atoms. The van der Waals surface area contributed by atoms with Crippen molar-refractivity contribution in [3.8, 4) is 5.69 Å². The minimum absolute atomic E-state index is 0.215. The molecule has 0 fully saturated rings. The zero-order chi connectivity index (χ0) is 21.3. The summed E-state index contributed by atoms with van der Waals surface area (Å²) in [6, 6.07) is 15.9.